The maximum atomic E-state index is 11.6. The number of carbonyl (C=O) groups excluding carboxylic acids is 1. The lowest BCUT2D eigenvalue weighted by Gasteiger charge is -2.27. The lowest BCUT2D eigenvalue weighted by molar-refractivity contribution is -0.139. The molecule has 0 aromatic carbocycles. The number of hydrogen-bond donors (Lipinski definition) is 2. The molecule has 1 aliphatic carbocycles. The zero-order valence-electron chi connectivity index (χ0n) is 12.7. The van der Waals surface area contributed by atoms with E-state index in [0.717, 1.165) is 6.26 Å². The van der Waals surface area contributed by atoms with Crippen molar-refractivity contribution < 1.29 is 27.5 Å². The molecule has 1 saturated carbocycles. The van der Waals surface area contributed by atoms with Crippen molar-refractivity contribution in [1.29, 1.82) is 0 Å². The molecule has 10 heteroatoms. The topological polar surface area (TPSA) is 139 Å². The highest BCUT2D eigenvalue weighted by molar-refractivity contribution is 7.90. The molecular weight excluding hydrogens is 326 g/mol. The Morgan fingerprint density at radius 1 is 1.22 bits per heavy atom. The first-order chi connectivity index (χ1) is 10.8. The number of nitrogens with one attached hydrogen (secondary N) is 1. The van der Waals surface area contributed by atoms with Crippen molar-refractivity contribution in [2.24, 2.45) is 0 Å². The highest BCUT2D eigenvalue weighted by atomic mass is 32.2. The van der Waals surface area contributed by atoms with Crippen LogP contribution in [0, 0.1) is 0 Å². The second-order valence-electron chi connectivity index (χ2n) is 5.69. The van der Waals surface area contributed by atoms with Gasteiger partial charge >= 0.3 is 11.2 Å². The molecule has 0 saturated heterocycles. The van der Waals surface area contributed by atoms with Gasteiger partial charge in [0.05, 0.1) is 6.42 Å². The number of rotatable bonds is 6. The Morgan fingerprint density at radius 3 is 2.39 bits per heavy atom. The smallest absolute Gasteiger partial charge is 0.335 e. The molecule has 2 rings (SSSR count). The molecule has 1 heterocycles. The van der Waals surface area contributed by atoms with Crippen LogP contribution in [0.25, 0.3) is 0 Å². The zero-order valence-corrected chi connectivity index (χ0v) is 13.5. The van der Waals surface area contributed by atoms with Crippen LogP contribution in [0.3, 0.4) is 0 Å². The molecule has 0 aliphatic heterocycles. The van der Waals surface area contributed by atoms with Gasteiger partial charge in [0.25, 0.3) is 0 Å². The third kappa shape index (κ3) is 5.02. The van der Waals surface area contributed by atoms with Gasteiger partial charge in [-0.1, -0.05) is 5.10 Å². The van der Waals surface area contributed by atoms with E-state index < -0.39 is 15.8 Å². The van der Waals surface area contributed by atoms with E-state index in [2.05, 4.69) is 15.5 Å². The number of carbonyl (C=O) groups is 2. The Morgan fingerprint density at radius 2 is 1.87 bits per heavy atom. The van der Waals surface area contributed by atoms with E-state index >= 15 is 0 Å². The first-order valence-corrected chi connectivity index (χ1v) is 9.19. The number of amides is 1. The summed E-state index contributed by atoms with van der Waals surface area (Å²) in [5.41, 5.74) is 0. The van der Waals surface area contributed by atoms with Crippen molar-refractivity contribution in [1.82, 2.24) is 15.5 Å². The molecule has 128 valence electrons. The monoisotopic (exact) mass is 345 g/mol. The van der Waals surface area contributed by atoms with E-state index in [1.165, 1.54) is 0 Å². The quantitative estimate of drug-likeness (QED) is 0.759. The van der Waals surface area contributed by atoms with E-state index in [0.29, 0.717) is 31.6 Å². The molecule has 0 bridgehead atoms. The molecular formula is C13H19N3O6S. The molecule has 2 N–H and O–H groups in total. The summed E-state index contributed by atoms with van der Waals surface area (Å²) in [6.07, 6.45) is 3.56. The van der Waals surface area contributed by atoms with Gasteiger partial charge in [-0.15, -0.1) is 5.10 Å². The largest absolute Gasteiger partial charge is 0.481 e. The molecule has 1 aromatic heterocycles. The highest BCUT2D eigenvalue weighted by Crippen LogP contribution is 2.32. The molecule has 0 radical (unpaired) electrons. The number of carboxylic acids is 1. The number of carboxylic acid groups (broad SMARTS) is 1. The fraction of sp³-hybridized carbons (Fsp3) is 0.692. The third-order valence-electron chi connectivity index (χ3n) is 3.75. The predicted octanol–water partition coefficient (Wildman–Crippen LogP) is 0.480. The van der Waals surface area contributed by atoms with Gasteiger partial charge in [0.2, 0.25) is 21.6 Å². The molecule has 1 aromatic rings. The van der Waals surface area contributed by atoms with Gasteiger partial charge in [-0.05, 0) is 25.7 Å². The maximum Gasteiger partial charge on any atom is 0.335 e. The summed E-state index contributed by atoms with van der Waals surface area (Å²) in [5.74, 6) is -0.985. The molecule has 1 aliphatic rings. The third-order valence-corrected chi connectivity index (χ3v) is 4.55. The van der Waals surface area contributed by atoms with Crippen molar-refractivity contribution in [3.05, 3.63) is 5.89 Å². The number of hydrogen-bond acceptors (Lipinski definition) is 7. The van der Waals surface area contributed by atoms with Crippen molar-refractivity contribution in [2.75, 3.05) is 6.26 Å². The number of aromatic nitrogens is 2. The summed E-state index contributed by atoms with van der Waals surface area (Å²) in [4.78, 5) is 22.0. The Balaban J connectivity index is 1.83. The number of aliphatic carboxylic acids is 1. The molecule has 0 atom stereocenters. The lowest BCUT2D eigenvalue weighted by Crippen LogP contribution is -2.37. The van der Waals surface area contributed by atoms with Crippen LogP contribution in [0.4, 0.5) is 0 Å². The molecule has 0 spiro atoms. The second kappa shape index (κ2) is 7.07. The van der Waals surface area contributed by atoms with Gasteiger partial charge in [-0.2, -0.15) is 0 Å². The van der Waals surface area contributed by atoms with E-state index in [4.69, 9.17) is 9.52 Å². The minimum atomic E-state index is -3.51. The predicted molar refractivity (Wildman–Crippen MR) is 77.4 cm³/mol. The standard InChI is InChI=1S/C13H19N3O6S/c1-23(20,21)13-16-15-12(22-13)8-2-4-9(5-3-8)14-10(17)6-7-11(18)19/h8-9H,2-7H2,1H3,(H,14,17)(H,18,19). The lowest BCUT2D eigenvalue weighted by atomic mass is 9.86. The normalized spacial score (nSPS) is 21.8. The van der Waals surface area contributed by atoms with Gasteiger partial charge in [0.1, 0.15) is 0 Å². The average Bonchev–Trinajstić information content (AvgIpc) is 2.96. The van der Waals surface area contributed by atoms with Gasteiger partial charge in [-0.3, -0.25) is 9.59 Å². The minimum Gasteiger partial charge on any atom is -0.481 e. The number of sulfone groups is 1. The molecule has 9 nitrogen and oxygen atoms in total. The SMILES string of the molecule is CS(=O)(=O)c1nnc(C2CCC(NC(=O)CCC(=O)O)CC2)o1. The van der Waals surface area contributed by atoms with E-state index in [9.17, 15) is 18.0 Å². The van der Waals surface area contributed by atoms with E-state index in [1.807, 2.05) is 0 Å². The molecule has 1 amide bonds. The van der Waals surface area contributed by atoms with Crippen LogP contribution >= 0.6 is 0 Å². The minimum absolute atomic E-state index is 0.00940. The fourth-order valence-corrected chi connectivity index (χ4v) is 2.97. The van der Waals surface area contributed by atoms with Crippen LogP contribution in [0.1, 0.15) is 50.3 Å². The van der Waals surface area contributed by atoms with Gasteiger partial charge in [-0.25, -0.2) is 8.42 Å². The molecule has 0 unspecified atom stereocenters. The summed E-state index contributed by atoms with van der Waals surface area (Å²) >= 11 is 0. The highest BCUT2D eigenvalue weighted by Gasteiger charge is 2.28. The fourth-order valence-electron chi connectivity index (χ4n) is 2.54. The summed E-state index contributed by atoms with van der Waals surface area (Å²) < 4.78 is 27.9. The number of nitrogens with zero attached hydrogens (tertiary/aromatic N) is 2. The Bertz CT molecular complexity index is 676. The Labute approximate surface area is 133 Å². The van der Waals surface area contributed by atoms with Crippen LogP contribution in [0.2, 0.25) is 0 Å². The van der Waals surface area contributed by atoms with Crippen LogP contribution in [0.5, 0.6) is 0 Å². The summed E-state index contributed by atoms with van der Waals surface area (Å²) in [6.45, 7) is 0. The van der Waals surface area contributed by atoms with Crippen LogP contribution in [0.15, 0.2) is 9.64 Å². The van der Waals surface area contributed by atoms with Crippen molar-refractivity contribution in [3.63, 3.8) is 0 Å². The summed E-state index contributed by atoms with van der Waals surface area (Å²) in [7, 11) is -3.51. The zero-order chi connectivity index (χ0) is 17.0. The van der Waals surface area contributed by atoms with Gasteiger partial charge in [0, 0.05) is 24.6 Å². The maximum absolute atomic E-state index is 11.6. The first-order valence-electron chi connectivity index (χ1n) is 7.30. The van der Waals surface area contributed by atoms with Crippen molar-refractivity contribution in [2.45, 2.75) is 55.7 Å². The van der Waals surface area contributed by atoms with E-state index in [1.54, 1.807) is 0 Å². The van der Waals surface area contributed by atoms with Gasteiger partial charge in [0.15, 0.2) is 0 Å². The Hall–Kier alpha value is -1.97. The molecule has 1 fully saturated rings. The first kappa shape index (κ1) is 17.4. The van der Waals surface area contributed by atoms with Crippen LogP contribution in [-0.2, 0) is 19.4 Å². The summed E-state index contributed by atoms with van der Waals surface area (Å²) in [6, 6.07) is -0.00940. The van der Waals surface area contributed by atoms with E-state index in [-0.39, 0.29) is 35.9 Å². The second-order valence-corrected chi connectivity index (χ2v) is 7.58. The van der Waals surface area contributed by atoms with Crippen molar-refractivity contribution >= 4 is 21.7 Å². The molecule has 23 heavy (non-hydrogen) atoms. The Kier molecular flexibility index (Phi) is 5.34. The summed E-state index contributed by atoms with van der Waals surface area (Å²) in [5, 5.41) is 18.3. The van der Waals surface area contributed by atoms with Crippen molar-refractivity contribution in [3.8, 4) is 0 Å². The van der Waals surface area contributed by atoms with Crippen LogP contribution < -0.4 is 5.32 Å². The average molecular weight is 345 g/mol. The van der Waals surface area contributed by atoms with Gasteiger partial charge < -0.3 is 14.8 Å². The van der Waals surface area contributed by atoms with Crippen LogP contribution in [-0.4, -0.2) is 47.9 Å².